The topological polar surface area (TPSA) is 95.1 Å². The zero-order valence-electron chi connectivity index (χ0n) is 26.4. The van der Waals surface area contributed by atoms with E-state index in [1.54, 1.807) is 30.7 Å². The first kappa shape index (κ1) is 35.8. The van der Waals surface area contributed by atoms with E-state index in [0.29, 0.717) is 56.2 Å². The molecule has 5 rings (SSSR count). The van der Waals surface area contributed by atoms with Crippen molar-refractivity contribution >= 4 is 59.6 Å². The van der Waals surface area contributed by atoms with Crippen LogP contribution in [0, 0.1) is 5.41 Å². The molecule has 3 heterocycles. The monoisotopic (exact) mass is 655 g/mol. The molecule has 1 aromatic heterocycles. The summed E-state index contributed by atoms with van der Waals surface area (Å²) < 4.78 is 6.02. The van der Waals surface area contributed by atoms with Crippen molar-refractivity contribution in [3.63, 3.8) is 0 Å². The number of pyridine rings is 1. The normalized spacial score (nSPS) is 15.5. The van der Waals surface area contributed by atoms with Crippen LogP contribution < -0.4 is 24.8 Å². The van der Waals surface area contributed by atoms with Gasteiger partial charge in [0.25, 0.3) is 0 Å². The van der Waals surface area contributed by atoms with Gasteiger partial charge in [-0.2, -0.15) is 0 Å². The standard InChI is InChI=1S/C34H41N5O4.2ClH/c1-5-38-29-13-12-27(22-30(29)37(4)32(41)34(2,3)33(38)42)43-20-8-17-35-23-24-15-18-36-26(21-24)16-19-39-28-10-7-6-9-25(28)11-14-31(39)40;;/h6-7,9-10,12-13,15,18,21-22,35H,5,8,11,14,16-17,19-20,23H2,1-4H3;2*1H. The zero-order chi connectivity index (χ0) is 30.6. The van der Waals surface area contributed by atoms with Gasteiger partial charge >= 0.3 is 0 Å². The van der Waals surface area contributed by atoms with E-state index in [4.69, 9.17) is 4.74 Å². The number of carbonyl (C=O) groups excluding carboxylic acids is 3. The van der Waals surface area contributed by atoms with Gasteiger partial charge in [0.15, 0.2) is 0 Å². The van der Waals surface area contributed by atoms with E-state index in [1.807, 2.05) is 60.5 Å². The Labute approximate surface area is 278 Å². The molecule has 242 valence electrons. The summed E-state index contributed by atoms with van der Waals surface area (Å²) in [4.78, 5) is 48.4. The average molecular weight is 657 g/mol. The van der Waals surface area contributed by atoms with Crippen LogP contribution in [0.25, 0.3) is 0 Å². The number of nitrogens with one attached hydrogen (secondary N) is 1. The fourth-order valence-corrected chi connectivity index (χ4v) is 5.83. The first-order valence-corrected chi connectivity index (χ1v) is 15.1. The minimum Gasteiger partial charge on any atom is -0.493 e. The van der Waals surface area contributed by atoms with Gasteiger partial charge in [-0.1, -0.05) is 18.2 Å². The van der Waals surface area contributed by atoms with Crippen molar-refractivity contribution in [1.29, 1.82) is 0 Å². The molecule has 0 saturated carbocycles. The predicted octanol–water partition coefficient (Wildman–Crippen LogP) is 5.36. The first-order chi connectivity index (χ1) is 20.7. The van der Waals surface area contributed by atoms with E-state index in [-0.39, 0.29) is 42.5 Å². The molecule has 11 heteroatoms. The Morgan fingerprint density at radius 2 is 1.69 bits per heavy atom. The summed E-state index contributed by atoms with van der Waals surface area (Å²) in [6.07, 6.45) is 4.69. The molecule has 45 heavy (non-hydrogen) atoms. The van der Waals surface area contributed by atoms with Crippen LogP contribution in [-0.2, 0) is 33.8 Å². The number of para-hydroxylation sites is 1. The molecular formula is C34H43Cl2N5O4. The second-order valence-electron chi connectivity index (χ2n) is 11.6. The van der Waals surface area contributed by atoms with Crippen LogP contribution in [0.15, 0.2) is 60.8 Å². The summed E-state index contributed by atoms with van der Waals surface area (Å²) in [7, 11) is 1.71. The number of nitrogens with zero attached hydrogens (tertiary/aromatic N) is 4. The van der Waals surface area contributed by atoms with Crippen LogP contribution >= 0.6 is 24.8 Å². The number of hydrogen-bond acceptors (Lipinski definition) is 6. The highest BCUT2D eigenvalue weighted by molar-refractivity contribution is 6.20. The number of aryl methyl sites for hydroxylation is 1. The Balaban J connectivity index is 0.00000276. The second kappa shape index (κ2) is 15.6. The summed E-state index contributed by atoms with van der Waals surface area (Å²) in [5, 5.41) is 3.47. The fraction of sp³-hybridized carbons (Fsp3) is 0.412. The predicted molar refractivity (Wildman–Crippen MR) is 183 cm³/mol. The molecule has 2 aromatic carbocycles. The van der Waals surface area contributed by atoms with Crippen molar-refractivity contribution in [2.75, 3.05) is 48.0 Å². The molecule has 0 radical (unpaired) electrons. The molecule has 0 bridgehead atoms. The number of amides is 3. The van der Waals surface area contributed by atoms with E-state index in [9.17, 15) is 14.4 Å². The van der Waals surface area contributed by atoms with Gasteiger partial charge in [-0.25, -0.2) is 0 Å². The summed E-state index contributed by atoms with van der Waals surface area (Å²) in [6.45, 7) is 8.36. The lowest BCUT2D eigenvalue weighted by molar-refractivity contribution is -0.137. The quantitative estimate of drug-likeness (QED) is 0.221. The minimum atomic E-state index is -1.13. The van der Waals surface area contributed by atoms with Crippen LogP contribution in [0.1, 0.15) is 50.4 Å². The number of fused-ring (bicyclic) bond motifs is 2. The average Bonchev–Trinajstić information content (AvgIpc) is 3.06. The van der Waals surface area contributed by atoms with Gasteiger partial charge in [0.1, 0.15) is 11.2 Å². The number of halogens is 2. The van der Waals surface area contributed by atoms with Gasteiger partial charge in [-0.15, -0.1) is 24.8 Å². The molecular weight excluding hydrogens is 613 g/mol. The molecule has 2 aliphatic heterocycles. The molecule has 0 unspecified atom stereocenters. The molecule has 3 aromatic rings. The Morgan fingerprint density at radius 1 is 0.911 bits per heavy atom. The van der Waals surface area contributed by atoms with Crippen molar-refractivity contribution in [3.05, 3.63) is 77.6 Å². The van der Waals surface area contributed by atoms with Crippen LogP contribution in [-0.4, -0.2) is 56.0 Å². The fourth-order valence-electron chi connectivity index (χ4n) is 5.83. The van der Waals surface area contributed by atoms with Gasteiger partial charge in [-0.3, -0.25) is 19.4 Å². The van der Waals surface area contributed by atoms with Crippen molar-refractivity contribution in [2.45, 2.75) is 53.0 Å². The van der Waals surface area contributed by atoms with Gasteiger partial charge in [-0.05, 0) is 81.6 Å². The molecule has 3 amide bonds. The summed E-state index contributed by atoms with van der Waals surface area (Å²) in [5.74, 6) is 0.400. The molecule has 0 spiro atoms. The van der Waals surface area contributed by atoms with Gasteiger partial charge in [0, 0.05) is 63.2 Å². The third kappa shape index (κ3) is 7.77. The van der Waals surface area contributed by atoms with Crippen LogP contribution in [0.4, 0.5) is 17.1 Å². The van der Waals surface area contributed by atoms with Crippen molar-refractivity contribution in [1.82, 2.24) is 10.3 Å². The summed E-state index contributed by atoms with van der Waals surface area (Å²) in [5.41, 5.74) is 4.61. The molecule has 1 N–H and O–H groups in total. The van der Waals surface area contributed by atoms with E-state index in [1.165, 1.54) is 5.56 Å². The molecule has 0 saturated heterocycles. The van der Waals surface area contributed by atoms with Gasteiger partial charge in [0.05, 0.1) is 18.0 Å². The van der Waals surface area contributed by atoms with Crippen molar-refractivity contribution in [3.8, 4) is 5.75 Å². The molecule has 0 fully saturated rings. The van der Waals surface area contributed by atoms with Crippen molar-refractivity contribution < 1.29 is 19.1 Å². The molecule has 2 aliphatic rings. The minimum absolute atomic E-state index is 0. The summed E-state index contributed by atoms with van der Waals surface area (Å²) >= 11 is 0. The highest BCUT2D eigenvalue weighted by Gasteiger charge is 2.45. The number of hydrogen-bond donors (Lipinski definition) is 1. The zero-order valence-corrected chi connectivity index (χ0v) is 28.0. The van der Waals surface area contributed by atoms with Crippen LogP contribution in [0.5, 0.6) is 5.75 Å². The molecule has 0 aliphatic carbocycles. The lowest BCUT2D eigenvalue weighted by Gasteiger charge is -2.29. The second-order valence-corrected chi connectivity index (χ2v) is 11.6. The van der Waals surface area contributed by atoms with Crippen LogP contribution in [0.3, 0.4) is 0 Å². The van der Waals surface area contributed by atoms with Crippen molar-refractivity contribution in [2.24, 2.45) is 5.41 Å². The molecule has 9 nitrogen and oxygen atoms in total. The van der Waals surface area contributed by atoms with E-state index in [0.717, 1.165) is 36.3 Å². The van der Waals surface area contributed by atoms with Gasteiger partial charge < -0.3 is 24.8 Å². The third-order valence-corrected chi connectivity index (χ3v) is 8.29. The number of aromatic nitrogens is 1. The highest BCUT2D eigenvalue weighted by Crippen LogP contribution is 2.40. The largest absolute Gasteiger partial charge is 0.493 e. The van der Waals surface area contributed by atoms with E-state index < -0.39 is 5.41 Å². The Hall–Kier alpha value is -3.66. The number of benzene rings is 2. The first-order valence-electron chi connectivity index (χ1n) is 15.1. The van der Waals surface area contributed by atoms with Gasteiger partial charge in [0.2, 0.25) is 17.7 Å². The smallest absolute Gasteiger partial charge is 0.242 e. The highest BCUT2D eigenvalue weighted by atomic mass is 35.5. The molecule has 0 atom stereocenters. The third-order valence-electron chi connectivity index (χ3n) is 8.29. The lowest BCUT2D eigenvalue weighted by atomic mass is 9.90. The number of carbonyl (C=O) groups is 3. The Morgan fingerprint density at radius 3 is 2.47 bits per heavy atom. The maximum absolute atomic E-state index is 13.1. The Kier molecular flexibility index (Phi) is 12.4. The Bertz CT molecular complexity index is 1520. The maximum Gasteiger partial charge on any atom is 0.242 e. The van der Waals surface area contributed by atoms with E-state index in [2.05, 4.69) is 22.4 Å². The van der Waals surface area contributed by atoms with E-state index >= 15 is 0 Å². The lowest BCUT2D eigenvalue weighted by Crippen LogP contribution is -2.47. The number of ether oxygens (including phenoxy) is 1. The van der Waals surface area contributed by atoms with Crippen LogP contribution in [0.2, 0.25) is 0 Å². The summed E-state index contributed by atoms with van der Waals surface area (Å²) in [6, 6.07) is 17.8. The SMILES string of the molecule is CCN1C(=O)C(C)(C)C(=O)N(C)c2cc(OCCCNCc3ccnc(CCN4C(=O)CCc5ccccc54)c3)ccc21.Cl.Cl. The number of rotatable bonds is 11. The number of anilines is 3. The maximum atomic E-state index is 13.1.